The molecule has 2 atom stereocenters. The van der Waals surface area contributed by atoms with Crippen molar-refractivity contribution in [3.05, 3.63) is 34.9 Å². The summed E-state index contributed by atoms with van der Waals surface area (Å²) in [6.07, 6.45) is 4.41. The van der Waals surface area contributed by atoms with E-state index in [4.69, 9.17) is 11.6 Å². The van der Waals surface area contributed by atoms with Crippen molar-refractivity contribution < 1.29 is 4.79 Å². The summed E-state index contributed by atoms with van der Waals surface area (Å²) in [7, 11) is 1.75. The van der Waals surface area contributed by atoms with Gasteiger partial charge in [-0.2, -0.15) is 0 Å². The first-order valence-electron chi connectivity index (χ1n) is 10.3. The lowest BCUT2D eigenvalue weighted by molar-refractivity contribution is -0.126. The van der Waals surface area contributed by atoms with Crippen molar-refractivity contribution in [1.29, 1.82) is 0 Å². The van der Waals surface area contributed by atoms with Gasteiger partial charge in [0.15, 0.2) is 0 Å². The third-order valence-electron chi connectivity index (χ3n) is 5.94. The largest absolute Gasteiger partial charge is 0.358 e. The van der Waals surface area contributed by atoms with E-state index in [0.29, 0.717) is 12.1 Å². The number of likely N-dealkylation sites (N-methyl/N-ethyl adjacent to an activating group) is 1. The summed E-state index contributed by atoms with van der Waals surface area (Å²) in [5.74, 6) is 0.151. The van der Waals surface area contributed by atoms with E-state index in [1.54, 1.807) is 7.05 Å². The number of likely N-dealkylation sites (tertiary alicyclic amines) is 2. The summed E-state index contributed by atoms with van der Waals surface area (Å²) >= 11 is 6.09. The van der Waals surface area contributed by atoms with Gasteiger partial charge in [-0.15, -0.1) is 0 Å². The van der Waals surface area contributed by atoms with E-state index in [0.717, 1.165) is 50.5 Å². The summed E-state index contributed by atoms with van der Waals surface area (Å²) in [5, 5.41) is 7.28. The molecule has 2 fully saturated rings. The van der Waals surface area contributed by atoms with Crippen LogP contribution >= 0.6 is 11.6 Å². The van der Waals surface area contributed by atoms with E-state index in [-0.39, 0.29) is 11.9 Å². The van der Waals surface area contributed by atoms with Gasteiger partial charge in [-0.3, -0.25) is 9.69 Å². The molecular weight excluding hydrogens is 360 g/mol. The fourth-order valence-corrected chi connectivity index (χ4v) is 4.75. The van der Waals surface area contributed by atoms with E-state index in [1.807, 2.05) is 18.2 Å². The first kappa shape index (κ1) is 20.6. The highest BCUT2D eigenvalue weighted by Gasteiger charge is 2.40. The van der Waals surface area contributed by atoms with Crippen molar-refractivity contribution >= 4 is 17.5 Å². The average Bonchev–Trinajstić information content (AvgIpc) is 3.11. The summed E-state index contributed by atoms with van der Waals surface area (Å²) in [6, 6.07) is 8.80. The predicted octanol–water partition coefficient (Wildman–Crippen LogP) is 2.49. The van der Waals surface area contributed by atoms with Gasteiger partial charge in [0.05, 0.1) is 6.04 Å². The highest BCUT2D eigenvalue weighted by Crippen LogP contribution is 2.27. The zero-order valence-corrected chi connectivity index (χ0v) is 17.3. The molecule has 6 heteroatoms. The minimum Gasteiger partial charge on any atom is -0.358 e. The lowest BCUT2D eigenvalue weighted by Crippen LogP contribution is -2.51. The third-order valence-corrected chi connectivity index (χ3v) is 6.17. The number of rotatable bonds is 7. The smallest absolute Gasteiger partial charge is 0.237 e. The number of piperidine rings is 1. The lowest BCUT2D eigenvalue weighted by Gasteiger charge is -2.38. The summed E-state index contributed by atoms with van der Waals surface area (Å²) in [5.41, 5.74) is 1.19. The minimum absolute atomic E-state index is 0.0189. The van der Waals surface area contributed by atoms with Gasteiger partial charge in [0.2, 0.25) is 5.91 Å². The second kappa shape index (κ2) is 9.87. The van der Waals surface area contributed by atoms with Gasteiger partial charge in [-0.1, -0.05) is 30.7 Å². The topological polar surface area (TPSA) is 47.6 Å². The van der Waals surface area contributed by atoms with Gasteiger partial charge < -0.3 is 15.5 Å². The molecule has 3 rings (SSSR count). The number of halogens is 1. The number of hydrogen-bond donors (Lipinski definition) is 2. The van der Waals surface area contributed by atoms with E-state index in [1.165, 1.54) is 18.5 Å². The number of amides is 1. The second-order valence-corrected chi connectivity index (χ2v) is 8.28. The third kappa shape index (κ3) is 5.44. The number of nitrogens with zero attached hydrogens (tertiary/aromatic N) is 2. The molecule has 2 saturated heterocycles. The molecule has 150 valence electrons. The number of carbonyl (C=O) groups is 1. The first-order valence-corrected chi connectivity index (χ1v) is 10.7. The van der Waals surface area contributed by atoms with Crippen molar-refractivity contribution in [2.75, 3.05) is 33.2 Å². The van der Waals surface area contributed by atoms with Crippen molar-refractivity contribution in [3.63, 3.8) is 0 Å². The molecule has 0 spiro atoms. The molecule has 0 aliphatic carbocycles. The SMILES string of the molecule is CCCN1CCC(N2C[C@H](NCc3cccc(Cl)c3)C[C@H]2C(=O)NC)CC1. The van der Waals surface area contributed by atoms with Crippen LogP contribution in [0.25, 0.3) is 0 Å². The number of nitrogens with one attached hydrogen (secondary N) is 2. The number of hydrogen-bond acceptors (Lipinski definition) is 4. The normalized spacial score (nSPS) is 25.0. The van der Waals surface area contributed by atoms with Gasteiger partial charge >= 0.3 is 0 Å². The maximum absolute atomic E-state index is 12.5. The quantitative estimate of drug-likeness (QED) is 0.748. The van der Waals surface area contributed by atoms with E-state index in [2.05, 4.69) is 33.4 Å². The molecule has 0 bridgehead atoms. The van der Waals surface area contributed by atoms with Crippen LogP contribution in [0.3, 0.4) is 0 Å². The molecular formula is C21H33ClN4O. The Bertz CT molecular complexity index is 618. The molecule has 2 heterocycles. The highest BCUT2D eigenvalue weighted by atomic mass is 35.5. The van der Waals surface area contributed by atoms with Gasteiger partial charge in [-0.25, -0.2) is 0 Å². The van der Waals surface area contributed by atoms with Crippen molar-refractivity contribution in [1.82, 2.24) is 20.4 Å². The van der Waals surface area contributed by atoms with Crippen LogP contribution in [0.2, 0.25) is 5.02 Å². The molecule has 1 amide bonds. The second-order valence-electron chi connectivity index (χ2n) is 7.84. The molecule has 2 aliphatic rings. The van der Waals surface area contributed by atoms with Crippen LogP contribution in [0, 0.1) is 0 Å². The Labute approximate surface area is 168 Å². The zero-order valence-electron chi connectivity index (χ0n) is 16.6. The number of benzene rings is 1. The Kier molecular flexibility index (Phi) is 7.53. The van der Waals surface area contributed by atoms with Crippen LogP contribution in [-0.2, 0) is 11.3 Å². The fraction of sp³-hybridized carbons (Fsp3) is 0.667. The summed E-state index contributed by atoms with van der Waals surface area (Å²) in [4.78, 5) is 17.5. The van der Waals surface area contributed by atoms with Crippen molar-refractivity contribution in [2.45, 2.75) is 57.3 Å². The van der Waals surface area contributed by atoms with Crippen molar-refractivity contribution in [3.8, 4) is 0 Å². The molecule has 0 radical (unpaired) electrons. The maximum Gasteiger partial charge on any atom is 0.237 e. The van der Waals surface area contributed by atoms with Crippen molar-refractivity contribution in [2.24, 2.45) is 0 Å². The molecule has 2 aliphatic heterocycles. The Hall–Kier alpha value is -1.14. The van der Waals surface area contributed by atoms with Crippen LogP contribution in [0.4, 0.5) is 0 Å². The summed E-state index contributed by atoms with van der Waals surface area (Å²) < 4.78 is 0. The average molecular weight is 393 g/mol. The van der Waals surface area contributed by atoms with Crippen LogP contribution in [0.5, 0.6) is 0 Å². The van der Waals surface area contributed by atoms with Crippen LogP contribution in [0.1, 0.15) is 38.2 Å². The van der Waals surface area contributed by atoms with Gasteiger partial charge in [-0.05, 0) is 63.0 Å². The Morgan fingerprint density at radius 2 is 2.07 bits per heavy atom. The molecule has 1 aromatic rings. The minimum atomic E-state index is -0.0189. The fourth-order valence-electron chi connectivity index (χ4n) is 4.54. The van der Waals surface area contributed by atoms with E-state index >= 15 is 0 Å². The Morgan fingerprint density at radius 3 is 2.74 bits per heavy atom. The predicted molar refractivity (Wildman–Crippen MR) is 111 cm³/mol. The first-order chi connectivity index (χ1) is 13.1. The number of carbonyl (C=O) groups excluding carboxylic acids is 1. The van der Waals surface area contributed by atoms with E-state index in [9.17, 15) is 4.79 Å². The standard InChI is InChI=1S/C21H33ClN4O/c1-3-9-25-10-7-19(8-11-25)26-15-18(13-20(26)21(27)23-2)24-14-16-5-4-6-17(22)12-16/h4-6,12,18-20,24H,3,7-11,13-15H2,1-2H3,(H,23,27)/t18-,20+/m1/s1. The van der Waals surface area contributed by atoms with Gasteiger partial charge in [0, 0.05) is 37.2 Å². The molecule has 0 unspecified atom stereocenters. The van der Waals surface area contributed by atoms with Gasteiger partial charge in [0.1, 0.15) is 0 Å². The molecule has 27 heavy (non-hydrogen) atoms. The Morgan fingerprint density at radius 1 is 1.30 bits per heavy atom. The maximum atomic E-state index is 12.5. The summed E-state index contributed by atoms with van der Waals surface area (Å²) in [6.45, 7) is 7.46. The lowest BCUT2D eigenvalue weighted by atomic mass is 10.0. The zero-order chi connectivity index (χ0) is 19.2. The molecule has 0 aromatic heterocycles. The Balaban J connectivity index is 1.58. The molecule has 5 nitrogen and oxygen atoms in total. The highest BCUT2D eigenvalue weighted by molar-refractivity contribution is 6.30. The monoisotopic (exact) mass is 392 g/mol. The van der Waals surface area contributed by atoms with Crippen LogP contribution in [-0.4, -0.2) is 67.1 Å². The van der Waals surface area contributed by atoms with Crippen LogP contribution in [0.15, 0.2) is 24.3 Å². The van der Waals surface area contributed by atoms with Crippen LogP contribution < -0.4 is 10.6 Å². The van der Waals surface area contributed by atoms with Gasteiger partial charge in [0.25, 0.3) is 0 Å². The van der Waals surface area contributed by atoms with E-state index < -0.39 is 0 Å². The molecule has 1 aromatic carbocycles. The molecule has 0 saturated carbocycles. The molecule has 2 N–H and O–H groups in total.